The van der Waals surface area contributed by atoms with Crippen molar-refractivity contribution in [1.82, 2.24) is 79.3 Å². The van der Waals surface area contributed by atoms with Gasteiger partial charge in [0, 0.05) is 25.9 Å². The summed E-state index contributed by atoms with van der Waals surface area (Å²) in [6, 6.07) is -0.996. The number of hydrogen-bond acceptors (Lipinski definition) is 18. The highest BCUT2D eigenvalue weighted by atomic mass is 16.5. The molecule has 15 amide bonds. The van der Waals surface area contributed by atoms with Crippen molar-refractivity contribution in [2.24, 2.45) is 0 Å². The van der Waals surface area contributed by atoms with Crippen LogP contribution in [0.15, 0.2) is 48.5 Å². The maximum Gasteiger partial charge on any atom is 0.407 e. The number of nitrogens with one attached hydrogen (secondary N) is 14. The van der Waals surface area contributed by atoms with Crippen LogP contribution in [-0.2, 0) is 76.7 Å². The number of ether oxygens (including phenoxy) is 1. The van der Waals surface area contributed by atoms with Crippen molar-refractivity contribution in [1.29, 1.82) is 0 Å². The van der Waals surface area contributed by atoms with Gasteiger partial charge in [0.1, 0.15) is 85.2 Å². The van der Waals surface area contributed by atoms with E-state index in [0.717, 1.165) is 22.3 Å². The summed E-state index contributed by atoms with van der Waals surface area (Å²) in [4.78, 5) is 206. The smallest absolute Gasteiger partial charge is 0.407 e. The van der Waals surface area contributed by atoms with E-state index in [0.29, 0.717) is 6.42 Å². The molecule has 0 spiro atoms. The first-order valence-electron chi connectivity index (χ1n) is 30.7. The van der Waals surface area contributed by atoms with Gasteiger partial charge in [-0.1, -0.05) is 48.5 Å². The first kappa shape index (κ1) is 77.2. The van der Waals surface area contributed by atoms with Gasteiger partial charge in [-0.2, -0.15) is 0 Å². The van der Waals surface area contributed by atoms with Gasteiger partial charge in [-0.3, -0.25) is 67.1 Å². The number of fused-ring (bicyclic) bond motifs is 3. The average molecular weight is 1330 g/mol. The molecule has 1 aliphatic carbocycles. The first-order valence-corrected chi connectivity index (χ1v) is 30.7. The fourth-order valence-electron chi connectivity index (χ4n) is 9.67. The van der Waals surface area contributed by atoms with Gasteiger partial charge < -0.3 is 94.3 Å². The monoisotopic (exact) mass is 1330 g/mol. The summed E-state index contributed by atoms with van der Waals surface area (Å²) < 4.78 is 5.51. The highest BCUT2D eigenvalue weighted by Crippen LogP contribution is 2.44. The van der Waals surface area contributed by atoms with Crippen LogP contribution in [0.2, 0.25) is 0 Å². The number of aliphatic hydroxyl groups is 1. The van der Waals surface area contributed by atoms with E-state index in [9.17, 15) is 86.9 Å². The Hall–Kier alpha value is -10.3. The van der Waals surface area contributed by atoms with Crippen LogP contribution in [0.4, 0.5) is 4.79 Å². The second kappa shape index (κ2) is 35.7. The molecule has 34 heteroatoms. The summed E-state index contributed by atoms with van der Waals surface area (Å²) in [6.07, 6.45) is -3.06. The molecule has 0 saturated carbocycles. The Morgan fingerprint density at radius 1 is 0.453 bits per heavy atom. The predicted octanol–water partition coefficient (Wildman–Crippen LogP) is -4.52. The van der Waals surface area contributed by atoms with E-state index in [2.05, 4.69) is 69.1 Å². The Morgan fingerprint density at radius 3 is 1.18 bits per heavy atom. The molecular formula is C61H87N15O19. The molecule has 1 heterocycles. The van der Waals surface area contributed by atoms with Gasteiger partial charge in [-0.25, -0.2) is 9.59 Å². The average Bonchev–Trinajstić information content (AvgIpc) is 1.63. The number of carbonyl (C=O) groups is 16. The number of likely N-dealkylation sites (tertiary alicyclic amines) is 1. The van der Waals surface area contributed by atoms with E-state index in [4.69, 9.17) is 4.74 Å². The third kappa shape index (κ3) is 22.5. The van der Waals surface area contributed by atoms with Crippen molar-refractivity contribution in [2.45, 2.75) is 193 Å². The number of amides is 15. The normalized spacial score (nSPS) is 17.1. The van der Waals surface area contributed by atoms with Crippen molar-refractivity contribution in [3.8, 4) is 11.1 Å². The van der Waals surface area contributed by atoms with Gasteiger partial charge in [0.15, 0.2) is 0 Å². The van der Waals surface area contributed by atoms with E-state index in [1.165, 1.54) is 88.1 Å². The molecule has 4 rings (SSSR count). The molecule has 95 heavy (non-hydrogen) atoms. The summed E-state index contributed by atoms with van der Waals surface area (Å²) in [7, 11) is 1.35. The van der Waals surface area contributed by atoms with Crippen molar-refractivity contribution < 1.29 is 91.7 Å². The standard InChI is InChI=1S/C61H87N15O19/c1-27(63-47(79)28(2)65-49(81)31(5)68-53(85)36(10)73-61(94)95-26-42-40-20-15-13-18-38(40)39-19-14-16-21-41(39)42)46(78)64-29(3)48(80)67-32(6)52(84)72-37(11)59(91)76-25-17-22-44(76)56(88)70-35(9)55(87)75-58(90)57(89)71-33(7)51(83)66-30(4)50(82)69-34(8)54(86)74-43(60(92)93)23-24-45(77)62-12/h13-16,18-21,27-37,42-44,58,90H,17,22-26H2,1-12H3,(H,62,77)(H,63,79)(H,64,78)(H,65,81)(H,66,83)(H,67,80)(H,68,85)(H,69,82)(H,70,88)(H,71,89)(H,72,84)(H,73,94)(H,74,86)(H,75,87)(H,92,93)/t27-,28-,29-,30-,31?,32-,33-,34-,35-,36-,37-,43-,44-,58-/m0/s1. The van der Waals surface area contributed by atoms with Gasteiger partial charge in [0.25, 0.3) is 5.91 Å². The second-order valence-corrected chi connectivity index (χ2v) is 23.2. The minimum atomic E-state index is -2.26. The van der Waals surface area contributed by atoms with Crippen LogP contribution in [0.1, 0.15) is 119 Å². The molecule has 0 radical (unpaired) electrons. The Bertz CT molecular complexity index is 3190. The Balaban J connectivity index is 1.13. The number of carboxylic acids is 1. The van der Waals surface area contributed by atoms with Crippen LogP contribution in [0.3, 0.4) is 0 Å². The quantitative estimate of drug-likeness (QED) is 0.0307. The highest BCUT2D eigenvalue weighted by molar-refractivity contribution is 6.00. The maximum atomic E-state index is 13.6. The minimum Gasteiger partial charge on any atom is -0.480 e. The summed E-state index contributed by atoms with van der Waals surface area (Å²) in [5.74, 6) is -13.4. The molecule has 2 aromatic rings. The fraction of sp³-hybridized carbons (Fsp3) is 0.541. The van der Waals surface area contributed by atoms with Gasteiger partial charge in [0.05, 0.1) is 0 Å². The summed E-state index contributed by atoms with van der Waals surface area (Å²) in [5.41, 5.74) is 4.09. The molecule has 1 aliphatic heterocycles. The van der Waals surface area contributed by atoms with Gasteiger partial charge >= 0.3 is 12.1 Å². The summed E-state index contributed by atoms with van der Waals surface area (Å²) >= 11 is 0. The van der Waals surface area contributed by atoms with Gasteiger partial charge in [-0.15, -0.1) is 0 Å². The number of rotatable bonds is 32. The van der Waals surface area contributed by atoms with E-state index in [-0.39, 0.29) is 38.3 Å². The van der Waals surface area contributed by atoms with Crippen LogP contribution in [0, 0.1) is 0 Å². The number of alkyl carbamates (subject to hydrolysis) is 1. The zero-order valence-electron chi connectivity index (χ0n) is 54.8. The number of benzene rings is 2. The predicted molar refractivity (Wildman–Crippen MR) is 335 cm³/mol. The first-order chi connectivity index (χ1) is 44.6. The second-order valence-electron chi connectivity index (χ2n) is 23.2. The summed E-state index contributed by atoms with van der Waals surface area (Å²) in [6.45, 7) is 14.3. The molecule has 1 fully saturated rings. The van der Waals surface area contributed by atoms with Crippen LogP contribution in [-0.4, -0.2) is 215 Å². The number of aliphatic hydroxyl groups excluding tert-OH is 1. The maximum absolute atomic E-state index is 13.6. The molecule has 1 unspecified atom stereocenters. The van der Waals surface area contributed by atoms with Crippen LogP contribution in [0.5, 0.6) is 0 Å². The zero-order valence-corrected chi connectivity index (χ0v) is 54.8. The van der Waals surface area contributed by atoms with E-state index < -0.39 is 180 Å². The summed E-state index contributed by atoms with van der Waals surface area (Å²) in [5, 5.41) is 52.6. The number of aliphatic carboxylic acids is 1. The molecule has 2 aliphatic rings. The molecule has 2 aromatic carbocycles. The highest BCUT2D eigenvalue weighted by Gasteiger charge is 2.39. The van der Waals surface area contributed by atoms with Crippen LogP contribution < -0.4 is 74.4 Å². The molecular weight excluding hydrogens is 1250 g/mol. The van der Waals surface area contributed by atoms with E-state index in [1.54, 1.807) is 0 Å². The number of hydrogen-bond donors (Lipinski definition) is 16. The van der Waals surface area contributed by atoms with Crippen LogP contribution >= 0.6 is 0 Å². The largest absolute Gasteiger partial charge is 0.480 e. The Kier molecular flexibility index (Phi) is 29.0. The SMILES string of the molecule is CNC(=O)CC[C@H](NC(=O)[C@H](C)NC(=O)[C@H](C)NC(=O)[C@H](C)NC(=O)[C@H](O)NC(=O)[C@H](C)NC(=O)[C@@H]1CCCN1C(=O)[C@H](C)NC(=O)[C@H](C)NC(=O)[C@H](C)NC(=O)[C@H](C)NC(=O)[C@H](C)NC(=O)C(C)NC(=O)[C@H](C)NC(=O)OCC1c2ccccc2-c2ccccc21)C(=O)O. The van der Waals surface area contributed by atoms with Gasteiger partial charge in [0.2, 0.25) is 83.0 Å². The van der Waals surface area contributed by atoms with Crippen LogP contribution in [0.25, 0.3) is 11.1 Å². The lowest BCUT2D eigenvalue weighted by molar-refractivity contribution is -0.143. The minimum absolute atomic E-state index is 0.0135. The zero-order chi connectivity index (χ0) is 71.3. The molecule has 0 bridgehead atoms. The van der Waals surface area contributed by atoms with E-state index >= 15 is 0 Å². The molecule has 1 saturated heterocycles. The van der Waals surface area contributed by atoms with Gasteiger partial charge in [-0.05, 0) is 118 Å². The van der Waals surface area contributed by atoms with E-state index in [1.807, 2.05) is 53.8 Å². The van der Waals surface area contributed by atoms with Crippen molar-refractivity contribution >= 4 is 94.8 Å². The lowest BCUT2D eigenvalue weighted by Crippen LogP contribution is -2.59. The van der Waals surface area contributed by atoms with Crippen molar-refractivity contribution in [3.63, 3.8) is 0 Å². The Labute approximate surface area is 547 Å². The van der Waals surface area contributed by atoms with Crippen molar-refractivity contribution in [2.75, 3.05) is 20.2 Å². The number of carboxylic acid groups (broad SMARTS) is 1. The fourth-order valence-corrected chi connectivity index (χ4v) is 9.67. The lowest BCUT2D eigenvalue weighted by Gasteiger charge is -2.28. The number of carbonyl (C=O) groups excluding carboxylic acids is 15. The van der Waals surface area contributed by atoms with Crippen molar-refractivity contribution in [3.05, 3.63) is 59.7 Å². The molecule has 14 atom stereocenters. The molecule has 0 aromatic heterocycles. The number of nitrogens with zero attached hydrogens (tertiary/aromatic N) is 1. The molecule has 16 N–H and O–H groups in total. The lowest BCUT2D eigenvalue weighted by atomic mass is 9.98. The topological polar surface area (TPSA) is 494 Å². The molecule has 34 nitrogen and oxygen atoms in total. The third-order valence-electron chi connectivity index (χ3n) is 15.5. The Morgan fingerprint density at radius 2 is 0.789 bits per heavy atom. The molecule has 520 valence electrons. The third-order valence-corrected chi connectivity index (χ3v) is 15.5.